The van der Waals surface area contributed by atoms with Crippen molar-refractivity contribution in [1.82, 2.24) is 18.7 Å². The van der Waals surface area contributed by atoms with Crippen molar-refractivity contribution in [3.05, 3.63) is 61.4 Å². The Morgan fingerprint density at radius 3 is 2.55 bits per heavy atom. The van der Waals surface area contributed by atoms with Crippen molar-refractivity contribution in [1.29, 1.82) is 0 Å². The van der Waals surface area contributed by atoms with Crippen molar-refractivity contribution in [2.45, 2.75) is 4.90 Å². The van der Waals surface area contributed by atoms with E-state index in [4.69, 9.17) is 16.3 Å². The Morgan fingerprint density at radius 1 is 1.26 bits per heavy atom. The van der Waals surface area contributed by atoms with Crippen LogP contribution in [-0.2, 0) is 17.1 Å². The maximum atomic E-state index is 13.7. The van der Waals surface area contributed by atoms with Gasteiger partial charge >= 0.3 is 5.69 Å². The maximum absolute atomic E-state index is 13.7. The summed E-state index contributed by atoms with van der Waals surface area (Å²) >= 11 is 8.25. The second kappa shape index (κ2) is 7.76. The van der Waals surface area contributed by atoms with Gasteiger partial charge in [-0.2, -0.15) is 0 Å². The van der Waals surface area contributed by atoms with Crippen LogP contribution in [0.4, 0.5) is 5.69 Å². The van der Waals surface area contributed by atoms with Crippen LogP contribution in [0.2, 0.25) is 5.02 Å². The highest BCUT2D eigenvalue weighted by molar-refractivity contribution is 14.1. The van der Waals surface area contributed by atoms with Gasteiger partial charge < -0.3 is 4.74 Å². The average molecular weight is 574 g/mol. The van der Waals surface area contributed by atoms with Gasteiger partial charge in [-0.3, -0.25) is 14.8 Å². The van der Waals surface area contributed by atoms with Gasteiger partial charge in [-0.1, -0.05) is 29.8 Å². The second-order valence-corrected chi connectivity index (χ2v) is 9.63. The minimum atomic E-state index is -4.16. The molecule has 3 aromatic heterocycles. The molecule has 0 aliphatic rings. The number of halogens is 2. The van der Waals surface area contributed by atoms with Crippen LogP contribution in [-0.4, -0.2) is 39.2 Å². The van der Waals surface area contributed by atoms with Crippen LogP contribution in [0.3, 0.4) is 0 Å². The van der Waals surface area contributed by atoms with Crippen molar-refractivity contribution >= 4 is 60.9 Å². The number of hydrogen-bond acceptors (Lipinski definition) is 7. The monoisotopic (exact) mass is 573 g/mol. The highest BCUT2D eigenvalue weighted by Crippen LogP contribution is 2.44. The predicted molar refractivity (Wildman–Crippen MR) is 122 cm³/mol. The first kappa shape index (κ1) is 21.5. The van der Waals surface area contributed by atoms with E-state index < -0.39 is 20.6 Å². The van der Waals surface area contributed by atoms with Gasteiger partial charge in [0.25, 0.3) is 10.0 Å². The topological polar surface area (TPSA) is 122 Å². The van der Waals surface area contributed by atoms with E-state index in [1.54, 1.807) is 31.4 Å². The first-order valence-electron chi connectivity index (χ1n) is 8.60. The second-order valence-electron chi connectivity index (χ2n) is 6.38. The van der Waals surface area contributed by atoms with Crippen molar-refractivity contribution in [3.8, 4) is 17.1 Å². The molecule has 160 valence electrons. The highest BCUT2D eigenvalue weighted by atomic mass is 127. The Balaban J connectivity index is 2.21. The zero-order valence-electron chi connectivity index (χ0n) is 16.0. The van der Waals surface area contributed by atoms with Crippen LogP contribution in [0.5, 0.6) is 5.88 Å². The molecule has 1 aromatic carbocycles. The number of aromatic nitrogens is 4. The quantitative estimate of drug-likeness (QED) is 0.202. The minimum absolute atomic E-state index is 0.0173. The summed E-state index contributed by atoms with van der Waals surface area (Å²) in [6.45, 7) is 0. The number of nitro groups is 1. The van der Waals surface area contributed by atoms with E-state index in [-0.39, 0.29) is 32.5 Å². The summed E-state index contributed by atoms with van der Waals surface area (Å²) in [6.07, 6.45) is 2.54. The first-order chi connectivity index (χ1) is 14.7. The Bertz CT molecular complexity index is 1450. The van der Waals surface area contributed by atoms with E-state index in [1.807, 2.05) is 22.6 Å². The smallest absolute Gasteiger partial charge is 0.306 e. The summed E-state index contributed by atoms with van der Waals surface area (Å²) in [7, 11) is -1.09. The Labute approximate surface area is 194 Å². The van der Waals surface area contributed by atoms with Crippen molar-refractivity contribution in [2.75, 3.05) is 7.11 Å². The number of ether oxygens (including phenoxy) is 1. The fourth-order valence-corrected chi connectivity index (χ4v) is 6.37. The molecular formula is C18H13ClIN5O5S. The van der Waals surface area contributed by atoms with Crippen LogP contribution < -0.4 is 4.74 Å². The molecule has 31 heavy (non-hydrogen) atoms. The molecule has 0 aliphatic heterocycles. The van der Waals surface area contributed by atoms with E-state index in [2.05, 4.69) is 10.1 Å². The maximum Gasteiger partial charge on any atom is 0.306 e. The zero-order valence-corrected chi connectivity index (χ0v) is 19.7. The van der Waals surface area contributed by atoms with Gasteiger partial charge in [-0.05, 0) is 34.7 Å². The van der Waals surface area contributed by atoms with E-state index in [1.165, 1.54) is 23.9 Å². The lowest BCUT2D eigenvalue weighted by atomic mass is 10.2. The molecule has 0 spiro atoms. The summed E-state index contributed by atoms with van der Waals surface area (Å²) < 4.78 is 35.5. The van der Waals surface area contributed by atoms with Gasteiger partial charge in [-0.15, -0.1) is 5.10 Å². The summed E-state index contributed by atoms with van der Waals surface area (Å²) in [6, 6.07) is 7.79. The van der Waals surface area contributed by atoms with Gasteiger partial charge in [0.2, 0.25) is 5.88 Å². The predicted octanol–water partition coefficient (Wildman–Crippen LogP) is 3.85. The third-order valence-corrected chi connectivity index (χ3v) is 7.66. The summed E-state index contributed by atoms with van der Waals surface area (Å²) in [4.78, 5) is 14.8. The van der Waals surface area contributed by atoms with Crippen LogP contribution in [0, 0.1) is 13.7 Å². The van der Waals surface area contributed by atoms with Crippen LogP contribution in [0.15, 0.2) is 47.6 Å². The standard InChI is InChI=1S/C18H13ClIN5O5S/c1-23-9-11(18(22-23)30-2)16-15(20)13-14(19)12(25(26)27)8-21-17(13)24(16)31(28,29)10-6-4-3-5-7-10/h3-9H,1-2H3. The molecule has 0 saturated heterocycles. The van der Waals surface area contributed by atoms with E-state index in [9.17, 15) is 18.5 Å². The molecule has 4 rings (SSSR count). The molecule has 0 amide bonds. The van der Waals surface area contributed by atoms with Gasteiger partial charge in [0.1, 0.15) is 11.2 Å². The van der Waals surface area contributed by atoms with Gasteiger partial charge in [-0.25, -0.2) is 17.4 Å². The lowest BCUT2D eigenvalue weighted by molar-refractivity contribution is -0.384. The number of methoxy groups -OCH3 is 1. The zero-order chi connectivity index (χ0) is 22.5. The lowest BCUT2D eigenvalue weighted by Gasteiger charge is -2.11. The summed E-state index contributed by atoms with van der Waals surface area (Å²) in [5.74, 6) is 0.179. The number of pyridine rings is 1. The van der Waals surface area contributed by atoms with E-state index in [0.29, 0.717) is 9.13 Å². The molecule has 10 nitrogen and oxygen atoms in total. The molecule has 0 fully saturated rings. The van der Waals surface area contributed by atoms with Crippen LogP contribution >= 0.6 is 34.2 Å². The summed E-state index contributed by atoms with van der Waals surface area (Å²) in [5.41, 5.74) is 0.0979. The third-order valence-electron chi connectivity index (χ3n) is 4.52. The molecule has 3 heterocycles. The fraction of sp³-hybridized carbons (Fsp3) is 0.111. The lowest BCUT2D eigenvalue weighted by Crippen LogP contribution is -2.15. The first-order valence-corrected chi connectivity index (χ1v) is 11.5. The number of hydrogen-bond donors (Lipinski definition) is 0. The van der Waals surface area contributed by atoms with Gasteiger partial charge in [0.05, 0.1) is 37.1 Å². The number of rotatable bonds is 5. The molecule has 0 saturated carbocycles. The molecule has 4 aromatic rings. The van der Waals surface area contributed by atoms with Crippen LogP contribution in [0.25, 0.3) is 22.3 Å². The van der Waals surface area contributed by atoms with Gasteiger partial charge in [0, 0.05) is 13.2 Å². The van der Waals surface area contributed by atoms with Crippen molar-refractivity contribution in [3.63, 3.8) is 0 Å². The Kier molecular flexibility index (Phi) is 5.39. The SMILES string of the molecule is COc1nn(C)cc1-c1c(I)c2c(Cl)c([N+](=O)[O-])cnc2n1S(=O)(=O)c1ccccc1. The number of benzene rings is 1. The van der Waals surface area contributed by atoms with E-state index >= 15 is 0 Å². The molecule has 0 bridgehead atoms. The molecule has 0 unspecified atom stereocenters. The third kappa shape index (κ3) is 3.34. The number of fused-ring (bicyclic) bond motifs is 1. The molecule has 0 N–H and O–H groups in total. The normalized spacial score (nSPS) is 11.7. The van der Waals surface area contributed by atoms with Crippen LogP contribution in [0.1, 0.15) is 0 Å². The van der Waals surface area contributed by atoms with E-state index in [0.717, 1.165) is 10.2 Å². The fourth-order valence-electron chi connectivity index (χ4n) is 3.20. The highest BCUT2D eigenvalue weighted by Gasteiger charge is 2.33. The largest absolute Gasteiger partial charge is 0.479 e. The number of aryl methyl sites for hydroxylation is 1. The van der Waals surface area contributed by atoms with Gasteiger partial charge in [0.15, 0.2) is 5.65 Å². The molecular weight excluding hydrogens is 561 g/mol. The van der Waals surface area contributed by atoms with Crippen molar-refractivity contribution in [2.24, 2.45) is 7.05 Å². The molecule has 0 radical (unpaired) electrons. The number of nitrogens with zero attached hydrogens (tertiary/aromatic N) is 5. The Hall–Kier alpha value is -2.71. The molecule has 0 atom stereocenters. The summed E-state index contributed by atoms with van der Waals surface area (Å²) in [5, 5.41) is 15.5. The average Bonchev–Trinajstić information content (AvgIpc) is 3.26. The van der Waals surface area contributed by atoms with Crippen molar-refractivity contribution < 1.29 is 18.1 Å². The molecule has 13 heteroatoms. The Morgan fingerprint density at radius 2 is 1.94 bits per heavy atom. The molecule has 0 aliphatic carbocycles. The minimum Gasteiger partial charge on any atom is -0.479 e.